The number of H-pyrrole nitrogens is 1. The first kappa shape index (κ1) is 28.3. The van der Waals surface area contributed by atoms with Crippen LogP contribution in [0.5, 0.6) is 0 Å². The highest BCUT2D eigenvalue weighted by molar-refractivity contribution is 6.34. The van der Waals surface area contributed by atoms with E-state index < -0.39 is 5.91 Å². The number of aromatic amines is 1. The molecule has 8 heteroatoms. The number of nitrogens with two attached hydrogens (primary N) is 1. The number of carbonyl (C=O) groups is 1. The molecule has 0 radical (unpaired) electrons. The first-order valence-corrected chi connectivity index (χ1v) is 14.7. The normalized spacial score (nSPS) is 21.0. The molecule has 0 saturated carbocycles. The van der Waals surface area contributed by atoms with Crippen molar-refractivity contribution in [1.82, 2.24) is 20.1 Å². The maximum absolute atomic E-state index is 11.6. The summed E-state index contributed by atoms with van der Waals surface area (Å²) in [6.45, 7) is 7.71. The highest BCUT2D eigenvalue weighted by atomic mass is 35.5. The molecule has 4 N–H and O–H groups in total. The molecule has 1 saturated heterocycles. The van der Waals surface area contributed by atoms with Gasteiger partial charge in [0.2, 0.25) is 5.91 Å². The van der Waals surface area contributed by atoms with Gasteiger partial charge in [0, 0.05) is 34.3 Å². The van der Waals surface area contributed by atoms with Gasteiger partial charge in [-0.15, -0.1) is 0 Å². The van der Waals surface area contributed by atoms with Gasteiger partial charge in [0.05, 0.1) is 22.9 Å². The number of aryl methyl sites for hydroxylation is 2. The van der Waals surface area contributed by atoms with Gasteiger partial charge in [-0.25, -0.2) is 4.98 Å². The third kappa shape index (κ3) is 5.26. The smallest absolute Gasteiger partial charge is 0.250 e. The number of nitrogens with zero attached hydrogens (tertiary/aromatic N) is 3. The fraction of sp³-hybridized carbons (Fsp3) is 0.406. The molecular formula is C32H38ClN5O2. The van der Waals surface area contributed by atoms with E-state index in [1.54, 1.807) is 12.1 Å². The first-order valence-electron chi connectivity index (χ1n) is 14.3. The van der Waals surface area contributed by atoms with E-state index in [1.165, 1.54) is 17.5 Å². The predicted octanol–water partition coefficient (Wildman–Crippen LogP) is 6.16. The van der Waals surface area contributed by atoms with Gasteiger partial charge in [-0.3, -0.25) is 14.8 Å². The zero-order valence-electron chi connectivity index (χ0n) is 23.5. The summed E-state index contributed by atoms with van der Waals surface area (Å²) in [7, 11) is 0. The number of aromatic nitrogens is 3. The van der Waals surface area contributed by atoms with Crippen LogP contribution in [0.4, 0.5) is 0 Å². The Balaban J connectivity index is 0.00000158. The van der Waals surface area contributed by atoms with Crippen molar-refractivity contribution in [2.75, 3.05) is 13.2 Å². The number of amides is 1. The van der Waals surface area contributed by atoms with Crippen molar-refractivity contribution in [1.29, 1.82) is 0 Å². The Kier molecular flexibility index (Phi) is 8.26. The number of primary amides is 1. The van der Waals surface area contributed by atoms with E-state index in [9.17, 15) is 9.90 Å². The van der Waals surface area contributed by atoms with Gasteiger partial charge < -0.3 is 10.8 Å². The molecule has 1 amide bonds. The molecule has 2 unspecified atom stereocenters. The second-order valence-electron chi connectivity index (χ2n) is 10.9. The number of aliphatic hydroxyl groups is 1. The number of hydrogen-bond acceptors (Lipinski definition) is 5. The highest BCUT2D eigenvalue weighted by Crippen LogP contribution is 2.38. The number of halogens is 1. The summed E-state index contributed by atoms with van der Waals surface area (Å²) in [5.74, 6) is -0.558. The SMILES string of the molecule is CC.CC1(N2CCCC2CO)CCc2ccc(-c3cnc4n[nH]c(-c5ccc(C(N)=O)c(Cl)c5)c4c3)cc2CC1. The van der Waals surface area contributed by atoms with E-state index in [0.29, 0.717) is 16.7 Å². The van der Waals surface area contributed by atoms with E-state index in [0.717, 1.165) is 66.4 Å². The second-order valence-corrected chi connectivity index (χ2v) is 11.3. The van der Waals surface area contributed by atoms with Crippen LogP contribution in [0.1, 0.15) is 67.9 Å². The summed E-state index contributed by atoms with van der Waals surface area (Å²) < 4.78 is 0. The largest absolute Gasteiger partial charge is 0.395 e. The van der Waals surface area contributed by atoms with Crippen LogP contribution in [0.15, 0.2) is 48.7 Å². The number of nitrogens with one attached hydrogen (secondary N) is 1. The van der Waals surface area contributed by atoms with Crippen molar-refractivity contribution < 1.29 is 9.90 Å². The van der Waals surface area contributed by atoms with Crippen LogP contribution in [0.25, 0.3) is 33.4 Å². The Labute approximate surface area is 240 Å². The fourth-order valence-corrected chi connectivity index (χ4v) is 6.66. The Hall–Kier alpha value is -3.26. The molecule has 40 heavy (non-hydrogen) atoms. The van der Waals surface area contributed by atoms with Crippen molar-refractivity contribution >= 4 is 28.5 Å². The van der Waals surface area contributed by atoms with E-state index in [2.05, 4.69) is 51.3 Å². The van der Waals surface area contributed by atoms with Gasteiger partial charge in [-0.05, 0) is 86.9 Å². The van der Waals surface area contributed by atoms with Crippen LogP contribution in [0.2, 0.25) is 5.02 Å². The number of fused-ring (bicyclic) bond motifs is 2. The molecule has 1 aliphatic heterocycles. The molecule has 6 rings (SSSR count). The molecule has 1 fully saturated rings. The maximum Gasteiger partial charge on any atom is 0.250 e. The number of pyridine rings is 1. The molecule has 3 heterocycles. The Morgan fingerprint density at radius 3 is 2.58 bits per heavy atom. The molecular weight excluding hydrogens is 522 g/mol. The van der Waals surface area contributed by atoms with E-state index >= 15 is 0 Å². The van der Waals surface area contributed by atoms with Crippen molar-refractivity contribution in [3.63, 3.8) is 0 Å². The van der Waals surface area contributed by atoms with Gasteiger partial charge in [0.15, 0.2) is 5.65 Å². The Morgan fingerprint density at radius 2 is 1.85 bits per heavy atom. The number of benzene rings is 2. The summed E-state index contributed by atoms with van der Waals surface area (Å²) in [4.78, 5) is 18.8. The van der Waals surface area contributed by atoms with Crippen molar-refractivity contribution in [3.8, 4) is 22.4 Å². The summed E-state index contributed by atoms with van der Waals surface area (Å²) in [5, 5.41) is 18.5. The standard InChI is InChI=1S/C30H32ClN5O2.C2H6/c1-30(36-12-2-3-23(36)17-37)10-8-18-4-5-19(13-20(18)9-11-30)22-14-25-27(34-35-29(25)33-16-22)21-6-7-24(28(32)38)26(31)15-21;1-2/h4-7,13-16,23,37H,2-3,8-12,17H2,1H3,(H2,32,38)(H,33,34,35);1-2H3. The molecule has 2 atom stereocenters. The molecule has 0 spiro atoms. The summed E-state index contributed by atoms with van der Waals surface area (Å²) >= 11 is 6.31. The van der Waals surface area contributed by atoms with Gasteiger partial charge in [0.1, 0.15) is 0 Å². The van der Waals surface area contributed by atoms with Crippen LogP contribution >= 0.6 is 11.6 Å². The predicted molar refractivity (Wildman–Crippen MR) is 161 cm³/mol. The minimum atomic E-state index is -0.558. The van der Waals surface area contributed by atoms with E-state index in [4.69, 9.17) is 17.3 Å². The number of hydrogen-bond donors (Lipinski definition) is 3. The lowest BCUT2D eigenvalue weighted by molar-refractivity contribution is 0.0468. The quantitative estimate of drug-likeness (QED) is 0.254. The Morgan fingerprint density at radius 1 is 1.10 bits per heavy atom. The fourth-order valence-electron chi connectivity index (χ4n) is 6.39. The molecule has 7 nitrogen and oxygen atoms in total. The van der Waals surface area contributed by atoms with Gasteiger partial charge >= 0.3 is 0 Å². The van der Waals surface area contributed by atoms with Gasteiger partial charge in [-0.2, -0.15) is 5.10 Å². The summed E-state index contributed by atoms with van der Waals surface area (Å²) in [6, 6.07) is 14.3. The van der Waals surface area contributed by atoms with E-state index in [-0.39, 0.29) is 17.7 Å². The number of aliphatic hydroxyl groups excluding tert-OH is 1. The van der Waals surface area contributed by atoms with Crippen molar-refractivity contribution in [2.24, 2.45) is 5.73 Å². The summed E-state index contributed by atoms with van der Waals surface area (Å²) in [5.41, 5.74) is 13.0. The lowest BCUT2D eigenvalue weighted by atomic mass is 9.89. The number of likely N-dealkylation sites (tertiary alicyclic amines) is 1. The average Bonchev–Trinajstić information content (AvgIpc) is 3.59. The van der Waals surface area contributed by atoms with E-state index in [1.807, 2.05) is 26.1 Å². The molecule has 0 bridgehead atoms. The van der Waals surface area contributed by atoms with Crippen LogP contribution in [0, 0.1) is 0 Å². The second kappa shape index (κ2) is 11.7. The molecule has 2 aromatic carbocycles. The number of carbonyl (C=O) groups excluding carboxylic acids is 1. The monoisotopic (exact) mass is 559 g/mol. The van der Waals surface area contributed by atoms with Crippen molar-refractivity contribution in [2.45, 2.75) is 70.9 Å². The van der Waals surface area contributed by atoms with Crippen LogP contribution in [-0.4, -0.2) is 55.8 Å². The minimum Gasteiger partial charge on any atom is -0.395 e. The maximum atomic E-state index is 11.6. The first-order chi connectivity index (χ1) is 19.4. The number of rotatable bonds is 5. The zero-order chi connectivity index (χ0) is 28.4. The highest BCUT2D eigenvalue weighted by Gasteiger charge is 2.39. The van der Waals surface area contributed by atoms with Gasteiger partial charge in [-0.1, -0.05) is 49.7 Å². The minimum absolute atomic E-state index is 0.112. The molecule has 2 aromatic heterocycles. The zero-order valence-corrected chi connectivity index (χ0v) is 24.3. The third-order valence-corrected chi connectivity index (χ3v) is 8.93. The molecule has 4 aromatic rings. The topological polar surface area (TPSA) is 108 Å². The van der Waals surface area contributed by atoms with Crippen molar-refractivity contribution in [3.05, 3.63) is 70.4 Å². The third-order valence-electron chi connectivity index (χ3n) is 8.62. The van der Waals surface area contributed by atoms with Gasteiger partial charge in [0.25, 0.3) is 0 Å². The lowest BCUT2D eigenvalue weighted by Crippen LogP contribution is -2.50. The summed E-state index contributed by atoms with van der Waals surface area (Å²) in [6.07, 6.45) is 8.40. The molecule has 1 aliphatic carbocycles. The molecule has 210 valence electrons. The molecule has 2 aliphatic rings. The van der Waals surface area contributed by atoms with Crippen LogP contribution in [0.3, 0.4) is 0 Å². The lowest BCUT2D eigenvalue weighted by Gasteiger charge is -2.42. The van der Waals surface area contributed by atoms with Crippen LogP contribution < -0.4 is 5.73 Å². The Bertz CT molecular complexity index is 1530. The average molecular weight is 560 g/mol. The van der Waals surface area contributed by atoms with Crippen LogP contribution in [-0.2, 0) is 12.8 Å².